The molecule has 2 unspecified atom stereocenters. The van der Waals surface area contributed by atoms with Crippen molar-refractivity contribution in [2.24, 2.45) is 0 Å². The van der Waals surface area contributed by atoms with Gasteiger partial charge in [0.05, 0.1) is 47.1 Å². The van der Waals surface area contributed by atoms with E-state index < -0.39 is 27.5 Å². The second-order valence-electron chi connectivity index (χ2n) is 11.4. The van der Waals surface area contributed by atoms with E-state index in [2.05, 4.69) is 24.9 Å². The highest BCUT2D eigenvalue weighted by atomic mass is 35.5. The maximum atomic E-state index is 14.7. The lowest BCUT2D eigenvalue weighted by Crippen LogP contribution is -2.50. The molecular weight excluding hydrogens is 587 g/mol. The van der Waals surface area contributed by atoms with Gasteiger partial charge in [-0.15, -0.1) is 0 Å². The van der Waals surface area contributed by atoms with Crippen LogP contribution in [0.3, 0.4) is 0 Å². The number of aromatic nitrogens is 6. The summed E-state index contributed by atoms with van der Waals surface area (Å²) in [4.78, 5) is 18.6. The minimum atomic E-state index is -3.53. The van der Waals surface area contributed by atoms with Crippen LogP contribution in [-0.4, -0.2) is 70.6 Å². The lowest BCUT2D eigenvalue weighted by Gasteiger charge is -2.36. The number of aliphatic hydroxyl groups excluding tert-OH is 1. The number of nitrogens with zero attached hydrogens (tertiary/aromatic N) is 6. The van der Waals surface area contributed by atoms with Crippen LogP contribution in [0.2, 0.25) is 5.02 Å². The number of hydrogen-bond acceptors (Lipinski definition) is 9. The van der Waals surface area contributed by atoms with Gasteiger partial charge in [-0.3, -0.25) is 0 Å². The first kappa shape index (κ1) is 30.3. The van der Waals surface area contributed by atoms with Gasteiger partial charge in [0.1, 0.15) is 16.9 Å². The molecule has 226 valence electrons. The molecule has 0 saturated carbocycles. The van der Waals surface area contributed by atoms with Gasteiger partial charge in [0.2, 0.25) is 5.95 Å². The molecule has 2 aliphatic rings. The van der Waals surface area contributed by atoms with E-state index in [0.29, 0.717) is 29.0 Å². The molecule has 3 aromatic heterocycles. The topological polar surface area (TPSA) is 176 Å². The first-order chi connectivity index (χ1) is 19.7. The Hall–Kier alpha value is -3.17. The molecule has 15 heteroatoms. The predicted octanol–water partition coefficient (Wildman–Crippen LogP) is 3.76. The molecule has 2 aliphatic heterocycles. The van der Waals surface area contributed by atoms with Crippen LogP contribution in [0.5, 0.6) is 0 Å². The molecule has 0 spiro atoms. The Morgan fingerprint density at radius 2 is 1.88 bits per heavy atom. The molecule has 12 nitrogen and oxygen atoms in total. The van der Waals surface area contributed by atoms with Crippen molar-refractivity contribution in [3.63, 3.8) is 0 Å². The average molecular weight is 621 g/mol. The van der Waals surface area contributed by atoms with Crippen molar-refractivity contribution in [2.45, 2.75) is 88.2 Å². The van der Waals surface area contributed by atoms with E-state index in [9.17, 15) is 23.0 Å². The van der Waals surface area contributed by atoms with E-state index in [1.165, 1.54) is 29.1 Å². The van der Waals surface area contributed by atoms with Crippen LogP contribution in [0.25, 0.3) is 22.3 Å². The molecular formula is C27H34ClFN8O4S. The van der Waals surface area contributed by atoms with Crippen LogP contribution in [-0.2, 0) is 15.6 Å². The summed E-state index contributed by atoms with van der Waals surface area (Å²) in [5, 5.41) is 20.7. The number of hydrogen-bond donors (Lipinski definition) is 4. The third-order valence-electron chi connectivity index (χ3n) is 7.60. The fourth-order valence-electron chi connectivity index (χ4n) is 5.78. The summed E-state index contributed by atoms with van der Waals surface area (Å²) in [6, 6.07) is 2.79. The highest BCUT2D eigenvalue weighted by molar-refractivity contribution is 7.89. The van der Waals surface area contributed by atoms with E-state index in [-0.39, 0.29) is 39.6 Å². The van der Waals surface area contributed by atoms with E-state index >= 15 is 0 Å². The minimum Gasteiger partial charge on any atom is -0.391 e. The number of piperidine rings is 1. The molecule has 5 N–H and O–H groups in total. The smallest absolute Gasteiger partial charge is 0.260 e. The second-order valence-corrected chi connectivity index (χ2v) is 13.6. The number of nitrogens with one attached hydrogen (secondary N) is 1. The molecule has 2 fully saturated rings. The number of aliphatic hydroxyl groups is 2. The first-order valence-corrected chi connectivity index (χ1v) is 15.4. The number of aromatic amines is 1. The standard InChI is InChI=1S/C17H19ClFN5O.C10H15N3O3S/c1-8(2)24-12-6-9(13-10(18)7-21-16(20)23-13)5-11(19)14(12)22-15(24)17(3,4)25;14-9-4-2-7-1-3-8(9)13(7)17(15,16)10-5-11-6-12-10/h5-8,25H,1-4H3,(H2,20,21,23);5-9,14H,1-4H2,(H,11,12)/t;7?,8-,9?/m.0/s1. The zero-order valence-electron chi connectivity index (χ0n) is 23.7. The van der Waals surface area contributed by atoms with Crippen molar-refractivity contribution in [1.82, 2.24) is 33.8 Å². The second kappa shape index (κ2) is 11.2. The summed E-state index contributed by atoms with van der Waals surface area (Å²) in [5.41, 5.74) is 5.96. The molecule has 2 saturated heterocycles. The van der Waals surface area contributed by atoms with Crippen LogP contribution in [0, 0.1) is 5.82 Å². The number of H-pyrrole nitrogens is 1. The summed E-state index contributed by atoms with van der Waals surface area (Å²) >= 11 is 6.15. The zero-order valence-corrected chi connectivity index (χ0v) is 25.2. The van der Waals surface area contributed by atoms with E-state index in [0.717, 1.165) is 19.3 Å². The minimum absolute atomic E-state index is 0.0352. The van der Waals surface area contributed by atoms with Gasteiger partial charge in [-0.1, -0.05) is 11.6 Å². The third-order valence-corrected chi connectivity index (χ3v) is 9.78. The molecule has 0 aliphatic carbocycles. The Bertz CT molecular complexity index is 1710. The molecule has 6 rings (SSSR count). The Morgan fingerprint density at radius 3 is 2.52 bits per heavy atom. The summed E-state index contributed by atoms with van der Waals surface area (Å²) < 4.78 is 42.8. The highest BCUT2D eigenvalue weighted by Crippen LogP contribution is 2.39. The molecule has 0 amide bonds. The van der Waals surface area contributed by atoms with Crippen molar-refractivity contribution in [1.29, 1.82) is 0 Å². The third kappa shape index (κ3) is 5.49. The highest BCUT2D eigenvalue weighted by Gasteiger charge is 2.48. The molecule has 2 bridgehead atoms. The number of benzene rings is 1. The van der Waals surface area contributed by atoms with Gasteiger partial charge in [0, 0.05) is 17.6 Å². The SMILES string of the molecule is CC(C)n1c(C(C)(C)O)nc2c(F)cc(-c3nc(N)ncc3Cl)cc21.O=S(=O)(c1cnc[nH]1)N1C2CCC(O)[C@@H]1CC2. The van der Waals surface area contributed by atoms with Crippen LogP contribution in [0.1, 0.15) is 65.2 Å². The van der Waals surface area contributed by atoms with Gasteiger partial charge in [-0.25, -0.2) is 32.7 Å². The van der Waals surface area contributed by atoms with E-state index in [1.54, 1.807) is 24.5 Å². The van der Waals surface area contributed by atoms with Crippen molar-refractivity contribution in [3.05, 3.63) is 47.5 Å². The Kier molecular flexibility index (Phi) is 8.04. The largest absolute Gasteiger partial charge is 0.391 e. The lowest BCUT2D eigenvalue weighted by molar-refractivity contribution is 0.0581. The molecule has 3 atom stereocenters. The Labute approximate surface area is 247 Å². The maximum absolute atomic E-state index is 14.7. The van der Waals surface area contributed by atoms with E-state index in [1.807, 2.05) is 13.8 Å². The molecule has 5 heterocycles. The van der Waals surface area contributed by atoms with Crippen molar-refractivity contribution >= 4 is 38.6 Å². The Balaban J connectivity index is 0.000000180. The van der Waals surface area contributed by atoms with Crippen LogP contribution < -0.4 is 5.73 Å². The van der Waals surface area contributed by atoms with Gasteiger partial charge in [0.25, 0.3) is 10.0 Å². The van der Waals surface area contributed by atoms with Gasteiger partial charge in [-0.05, 0) is 65.5 Å². The summed E-state index contributed by atoms with van der Waals surface area (Å²) in [6.45, 7) is 7.12. The quantitative estimate of drug-likeness (QED) is 0.259. The normalized spacial score (nSPS) is 21.1. The molecule has 42 heavy (non-hydrogen) atoms. The Morgan fingerprint density at radius 1 is 1.17 bits per heavy atom. The summed E-state index contributed by atoms with van der Waals surface area (Å²) in [6.07, 6.45) is 6.55. The zero-order chi connectivity index (χ0) is 30.6. The lowest BCUT2D eigenvalue weighted by atomic mass is 10.0. The number of rotatable bonds is 5. The maximum Gasteiger partial charge on any atom is 0.260 e. The number of nitrogen functional groups attached to an aromatic ring is 1. The fourth-order valence-corrected chi connectivity index (χ4v) is 7.81. The number of halogens is 2. The van der Waals surface area contributed by atoms with Gasteiger partial charge < -0.3 is 25.5 Å². The van der Waals surface area contributed by atoms with Crippen LogP contribution in [0.4, 0.5) is 10.3 Å². The van der Waals surface area contributed by atoms with Crippen molar-refractivity contribution in [3.8, 4) is 11.3 Å². The van der Waals surface area contributed by atoms with Gasteiger partial charge >= 0.3 is 0 Å². The summed E-state index contributed by atoms with van der Waals surface area (Å²) in [7, 11) is -3.53. The van der Waals surface area contributed by atoms with Gasteiger partial charge in [0.15, 0.2) is 10.8 Å². The molecule has 4 aromatic rings. The van der Waals surface area contributed by atoms with Crippen LogP contribution in [0.15, 0.2) is 35.9 Å². The first-order valence-electron chi connectivity index (χ1n) is 13.6. The number of sulfonamides is 1. The number of anilines is 1. The van der Waals surface area contributed by atoms with Crippen LogP contribution >= 0.6 is 11.6 Å². The summed E-state index contributed by atoms with van der Waals surface area (Å²) in [5.74, 6) is -0.0815. The fraction of sp³-hybridized carbons (Fsp3) is 0.481. The number of fused-ring (bicyclic) bond motifs is 3. The monoisotopic (exact) mass is 620 g/mol. The average Bonchev–Trinajstić information content (AvgIpc) is 3.65. The van der Waals surface area contributed by atoms with E-state index in [4.69, 9.17) is 17.3 Å². The van der Waals surface area contributed by atoms with Gasteiger partial charge in [-0.2, -0.15) is 4.31 Å². The molecule has 1 aromatic carbocycles. The number of nitrogens with two attached hydrogens (primary N) is 1. The van der Waals surface area contributed by atoms with Crippen molar-refractivity contribution < 1.29 is 23.0 Å². The molecule has 0 radical (unpaired) electrons. The number of imidazole rings is 2. The van der Waals surface area contributed by atoms with Crippen molar-refractivity contribution in [2.75, 3.05) is 5.73 Å². The predicted molar refractivity (Wildman–Crippen MR) is 155 cm³/mol.